The van der Waals surface area contributed by atoms with Crippen molar-refractivity contribution in [2.24, 2.45) is 5.92 Å². The van der Waals surface area contributed by atoms with Crippen molar-refractivity contribution in [3.63, 3.8) is 0 Å². The number of carbonyl (C=O) groups is 1. The molecular formula is C22H24N4O. The van der Waals surface area contributed by atoms with Gasteiger partial charge in [0.25, 0.3) is 0 Å². The van der Waals surface area contributed by atoms with E-state index in [-0.39, 0.29) is 11.9 Å². The number of anilines is 1. The molecule has 2 fully saturated rings. The zero-order valence-corrected chi connectivity index (χ0v) is 15.2. The molecule has 0 unspecified atom stereocenters. The number of nitrogens with one attached hydrogen (secondary N) is 2. The summed E-state index contributed by atoms with van der Waals surface area (Å²) in [6, 6.07) is 17.9. The summed E-state index contributed by atoms with van der Waals surface area (Å²) in [4.78, 5) is 12.5. The first-order valence-electron chi connectivity index (χ1n) is 9.53. The lowest BCUT2D eigenvalue weighted by molar-refractivity contribution is -0.124. The molecule has 27 heavy (non-hydrogen) atoms. The number of nitrogens with two attached hydrogens (primary N) is 1. The molecule has 0 radical (unpaired) electrons. The molecule has 1 saturated carbocycles. The third-order valence-corrected chi connectivity index (χ3v) is 5.73. The first-order valence-corrected chi connectivity index (χ1v) is 9.53. The van der Waals surface area contributed by atoms with Crippen molar-refractivity contribution in [2.45, 2.75) is 43.8 Å². The highest BCUT2D eigenvalue weighted by Gasteiger charge is 2.42. The van der Waals surface area contributed by atoms with Gasteiger partial charge in [0.1, 0.15) is 6.04 Å². The fraction of sp³-hybridized carbons (Fsp3) is 0.364. The number of carbonyl (C=O) groups excluding carboxylic acids is 1. The summed E-state index contributed by atoms with van der Waals surface area (Å²) in [5, 5.41) is 15.8. The molecule has 1 aliphatic carbocycles. The largest absolute Gasteiger partial charge is 0.399 e. The maximum absolute atomic E-state index is 12.5. The quantitative estimate of drug-likeness (QED) is 0.715. The predicted octanol–water partition coefficient (Wildman–Crippen LogP) is 2.63. The maximum atomic E-state index is 12.5. The Bertz CT molecular complexity index is 871. The number of rotatable bonds is 5. The van der Waals surface area contributed by atoms with Crippen LogP contribution in [0.1, 0.15) is 24.8 Å². The van der Waals surface area contributed by atoms with E-state index in [2.05, 4.69) is 16.7 Å². The fourth-order valence-electron chi connectivity index (χ4n) is 4.33. The van der Waals surface area contributed by atoms with Crippen LogP contribution in [0.3, 0.4) is 0 Å². The van der Waals surface area contributed by atoms with Crippen molar-refractivity contribution in [2.75, 3.05) is 5.73 Å². The van der Waals surface area contributed by atoms with Gasteiger partial charge in [-0.3, -0.25) is 4.79 Å². The number of piperidine rings is 1. The van der Waals surface area contributed by atoms with E-state index in [1.807, 2.05) is 48.5 Å². The highest BCUT2D eigenvalue weighted by atomic mass is 16.2. The average Bonchev–Trinajstić information content (AvgIpc) is 3.31. The molecule has 1 amide bonds. The molecular weight excluding hydrogens is 336 g/mol. The second-order valence-corrected chi connectivity index (χ2v) is 7.63. The first-order chi connectivity index (χ1) is 13.1. The molecule has 4 atom stereocenters. The smallest absolute Gasteiger partial charge is 0.238 e. The number of amides is 1. The van der Waals surface area contributed by atoms with E-state index < -0.39 is 6.04 Å². The number of hydrogen-bond acceptors (Lipinski definition) is 4. The molecule has 0 spiro atoms. The van der Waals surface area contributed by atoms with Gasteiger partial charge in [0.2, 0.25) is 5.91 Å². The number of hydrogen-bond donors (Lipinski definition) is 3. The SMILES string of the molecule is N#C[C@H](Cc1ccc(-c2cccc(N)c2)cc1)NC(=O)[C@H]1N[C@@H]2CC[C@H]1C2. The second kappa shape index (κ2) is 7.42. The number of nitrogen functional groups attached to an aromatic ring is 1. The summed E-state index contributed by atoms with van der Waals surface area (Å²) in [5.41, 5.74) is 9.75. The third-order valence-electron chi connectivity index (χ3n) is 5.73. The van der Waals surface area contributed by atoms with Gasteiger partial charge in [0.15, 0.2) is 0 Å². The van der Waals surface area contributed by atoms with E-state index in [1.165, 1.54) is 0 Å². The lowest BCUT2D eigenvalue weighted by atomic mass is 9.98. The summed E-state index contributed by atoms with van der Waals surface area (Å²) in [7, 11) is 0. The third kappa shape index (κ3) is 3.81. The number of nitrogens with zero attached hydrogens (tertiary/aromatic N) is 1. The monoisotopic (exact) mass is 360 g/mol. The standard InChI is InChI=1S/C22H24N4O/c23-13-20(26-22(27)21-17-8-9-19(12-17)25-21)10-14-4-6-15(7-5-14)16-2-1-3-18(24)11-16/h1-7,11,17,19-21,25H,8-10,12,24H2,(H,26,27)/t17-,19+,20-,21-/m0/s1. The van der Waals surface area contributed by atoms with Gasteiger partial charge in [-0.1, -0.05) is 36.4 Å². The van der Waals surface area contributed by atoms with E-state index in [9.17, 15) is 10.1 Å². The predicted molar refractivity (Wildman–Crippen MR) is 106 cm³/mol. The normalized spacial score (nSPS) is 24.3. The number of nitriles is 1. The average molecular weight is 360 g/mol. The molecule has 5 nitrogen and oxygen atoms in total. The van der Waals surface area contributed by atoms with Crippen molar-refractivity contribution in [3.8, 4) is 17.2 Å². The van der Waals surface area contributed by atoms with Gasteiger partial charge in [0, 0.05) is 18.2 Å². The Morgan fingerprint density at radius 2 is 2.04 bits per heavy atom. The maximum Gasteiger partial charge on any atom is 0.238 e. The van der Waals surface area contributed by atoms with Crippen LogP contribution in [0.4, 0.5) is 5.69 Å². The number of benzene rings is 2. The Hall–Kier alpha value is -2.84. The van der Waals surface area contributed by atoms with Crippen LogP contribution in [0, 0.1) is 17.2 Å². The Labute approximate surface area is 159 Å². The summed E-state index contributed by atoms with van der Waals surface area (Å²) >= 11 is 0. The summed E-state index contributed by atoms with van der Waals surface area (Å²) in [6.45, 7) is 0. The molecule has 1 aliphatic heterocycles. The minimum Gasteiger partial charge on any atom is -0.399 e. The Balaban J connectivity index is 1.38. The van der Waals surface area contributed by atoms with Crippen molar-refractivity contribution in [1.29, 1.82) is 5.26 Å². The van der Waals surface area contributed by atoms with Gasteiger partial charge in [-0.15, -0.1) is 0 Å². The summed E-state index contributed by atoms with van der Waals surface area (Å²) in [6.07, 6.45) is 3.86. The van der Waals surface area contributed by atoms with Gasteiger partial charge in [-0.05, 0) is 54.0 Å². The van der Waals surface area contributed by atoms with Gasteiger partial charge in [0.05, 0.1) is 12.1 Å². The van der Waals surface area contributed by atoms with Crippen molar-refractivity contribution in [1.82, 2.24) is 10.6 Å². The Morgan fingerprint density at radius 3 is 2.67 bits per heavy atom. The number of fused-ring (bicyclic) bond motifs is 2. The van der Waals surface area contributed by atoms with E-state index in [0.29, 0.717) is 18.4 Å². The fourth-order valence-corrected chi connectivity index (χ4v) is 4.33. The Morgan fingerprint density at radius 1 is 1.22 bits per heavy atom. The molecule has 1 heterocycles. The van der Waals surface area contributed by atoms with Crippen LogP contribution in [-0.2, 0) is 11.2 Å². The molecule has 4 N–H and O–H groups in total. The minimum absolute atomic E-state index is 0.0369. The van der Waals surface area contributed by atoms with Crippen molar-refractivity contribution in [3.05, 3.63) is 54.1 Å². The topological polar surface area (TPSA) is 90.9 Å². The molecule has 2 aromatic rings. The van der Waals surface area contributed by atoms with E-state index in [1.54, 1.807) is 0 Å². The lowest BCUT2D eigenvalue weighted by Crippen LogP contribution is -2.50. The second-order valence-electron chi connectivity index (χ2n) is 7.63. The molecule has 138 valence electrons. The molecule has 2 aliphatic rings. The zero-order valence-electron chi connectivity index (χ0n) is 15.2. The highest BCUT2D eigenvalue weighted by Crippen LogP contribution is 2.35. The van der Waals surface area contributed by atoms with Crippen molar-refractivity contribution >= 4 is 11.6 Å². The van der Waals surface area contributed by atoms with Gasteiger partial charge in [-0.2, -0.15) is 5.26 Å². The molecule has 0 aromatic heterocycles. The van der Waals surface area contributed by atoms with Crippen LogP contribution in [0.15, 0.2) is 48.5 Å². The zero-order chi connectivity index (χ0) is 18.8. The van der Waals surface area contributed by atoms with Crippen LogP contribution in [0.25, 0.3) is 11.1 Å². The summed E-state index contributed by atoms with van der Waals surface area (Å²) < 4.78 is 0. The van der Waals surface area contributed by atoms with Gasteiger partial charge >= 0.3 is 0 Å². The van der Waals surface area contributed by atoms with Gasteiger partial charge in [-0.25, -0.2) is 0 Å². The molecule has 2 bridgehead atoms. The first kappa shape index (κ1) is 17.6. The molecule has 5 heteroatoms. The van der Waals surface area contributed by atoms with E-state index in [0.717, 1.165) is 41.6 Å². The minimum atomic E-state index is -0.517. The Kier molecular flexibility index (Phi) is 4.83. The van der Waals surface area contributed by atoms with Crippen LogP contribution < -0.4 is 16.4 Å². The van der Waals surface area contributed by atoms with E-state index >= 15 is 0 Å². The molecule has 2 aromatic carbocycles. The van der Waals surface area contributed by atoms with Crippen LogP contribution >= 0.6 is 0 Å². The van der Waals surface area contributed by atoms with Crippen LogP contribution in [-0.4, -0.2) is 24.0 Å². The lowest BCUT2D eigenvalue weighted by Gasteiger charge is -2.23. The van der Waals surface area contributed by atoms with E-state index in [4.69, 9.17) is 5.73 Å². The van der Waals surface area contributed by atoms with Crippen LogP contribution in [0.2, 0.25) is 0 Å². The molecule has 4 rings (SSSR count). The van der Waals surface area contributed by atoms with Crippen LogP contribution in [0.5, 0.6) is 0 Å². The molecule has 1 saturated heterocycles. The summed E-state index contributed by atoms with van der Waals surface area (Å²) in [5.74, 6) is 0.386. The highest BCUT2D eigenvalue weighted by molar-refractivity contribution is 5.83. The van der Waals surface area contributed by atoms with Gasteiger partial charge < -0.3 is 16.4 Å². The van der Waals surface area contributed by atoms with Crippen molar-refractivity contribution < 1.29 is 4.79 Å².